The van der Waals surface area contributed by atoms with Gasteiger partial charge in [0.05, 0.1) is 5.69 Å². The summed E-state index contributed by atoms with van der Waals surface area (Å²) in [5, 5.41) is 4.45. The van der Waals surface area contributed by atoms with Gasteiger partial charge >= 0.3 is 0 Å². The van der Waals surface area contributed by atoms with Crippen molar-refractivity contribution in [3.05, 3.63) is 64.9 Å². The van der Waals surface area contributed by atoms with Gasteiger partial charge in [0, 0.05) is 23.8 Å². The molecule has 19 heavy (non-hydrogen) atoms. The van der Waals surface area contributed by atoms with E-state index in [1.54, 1.807) is 0 Å². The first kappa shape index (κ1) is 12.6. The molecule has 0 bridgehead atoms. The van der Waals surface area contributed by atoms with Crippen molar-refractivity contribution in [3.63, 3.8) is 0 Å². The van der Waals surface area contributed by atoms with E-state index < -0.39 is 0 Å². The number of halogens is 1. The first-order chi connectivity index (χ1) is 9.33. The van der Waals surface area contributed by atoms with Crippen LogP contribution in [0.3, 0.4) is 0 Å². The summed E-state index contributed by atoms with van der Waals surface area (Å²) >= 11 is 6.22. The van der Waals surface area contributed by atoms with Gasteiger partial charge in [0.15, 0.2) is 0 Å². The van der Waals surface area contributed by atoms with Crippen LogP contribution in [-0.4, -0.2) is 11.0 Å². The average molecular weight is 273 g/mol. The molecule has 1 heterocycles. The molecule has 0 radical (unpaired) electrons. The van der Waals surface area contributed by atoms with Gasteiger partial charge < -0.3 is 5.32 Å². The van der Waals surface area contributed by atoms with Crippen molar-refractivity contribution >= 4 is 11.6 Å². The fourth-order valence-electron chi connectivity index (χ4n) is 2.60. The zero-order valence-corrected chi connectivity index (χ0v) is 11.5. The van der Waals surface area contributed by atoms with E-state index >= 15 is 0 Å². The number of benzene rings is 1. The summed E-state index contributed by atoms with van der Waals surface area (Å²) in [4.78, 5) is 4.32. The molecule has 0 unspecified atom stereocenters. The quantitative estimate of drug-likeness (QED) is 0.916. The Morgan fingerprint density at radius 3 is 2.63 bits per heavy atom. The highest BCUT2D eigenvalue weighted by Crippen LogP contribution is 2.39. The highest BCUT2D eigenvalue weighted by atomic mass is 35.5. The third kappa shape index (κ3) is 2.96. The zero-order chi connectivity index (χ0) is 13.1. The second-order valence-electron chi connectivity index (χ2n) is 5.09. The second-order valence-corrected chi connectivity index (χ2v) is 5.50. The van der Waals surface area contributed by atoms with Gasteiger partial charge in [-0.05, 0) is 42.5 Å². The van der Waals surface area contributed by atoms with Crippen LogP contribution < -0.4 is 5.32 Å². The predicted octanol–water partition coefficient (Wildman–Crippen LogP) is 3.77. The van der Waals surface area contributed by atoms with E-state index in [2.05, 4.69) is 28.5 Å². The number of nitrogens with zero attached hydrogens (tertiary/aromatic N) is 1. The molecule has 1 fully saturated rings. The van der Waals surface area contributed by atoms with Crippen LogP contribution in [0.2, 0.25) is 5.02 Å². The summed E-state index contributed by atoms with van der Waals surface area (Å²) in [7, 11) is 0. The molecule has 0 saturated heterocycles. The Labute approximate surface area is 118 Å². The van der Waals surface area contributed by atoms with Crippen LogP contribution in [0.5, 0.6) is 0 Å². The molecule has 98 valence electrons. The van der Waals surface area contributed by atoms with Gasteiger partial charge in [0.2, 0.25) is 0 Å². The second kappa shape index (κ2) is 5.72. The Kier molecular flexibility index (Phi) is 3.81. The molecule has 0 atom stereocenters. The molecule has 0 aliphatic heterocycles. The Bertz CT molecular complexity index is 535. The Balaban J connectivity index is 1.50. The summed E-state index contributed by atoms with van der Waals surface area (Å²) < 4.78 is 0. The molecule has 1 aromatic heterocycles. The van der Waals surface area contributed by atoms with E-state index in [0.717, 1.165) is 30.1 Å². The molecule has 0 amide bonds. The summed E-state index contributed by atoms with van der Waals surface area (Å²) in [5.41, 5.74) is 2.39. The number of nitrogens with one attached hydrogen (secondary N) is 1. The van der Waals surface area contributed by atoms with Crippen LogP contribution in [0, 0.1) is 0 Å². The molecular weight excluding hydrogens is 256 g/mol. The lowest BCUT2D eigenvalue weighted by atomic mass is 9.76. The van der Waals surface area contributed by atoms with Gasteiger partial charge in [-0.25, -0.2) is 0 Å². The molecule has 1 aliphatic carbocycles. The van der Waals surface area contributed by atoms with E-state index in [0.29, 0.717) is 12.0 Å². The van der Waals surface area contributed by atoms with Crippen molar-refractivity contribution in [1.29, 1.82) is 0 Å². The van der Waals surface area contributed by atoms with Crippen molar-refractivity contribution in [2.24, 2.45) is 0 Å². The third-order valence-electron chi connectivity index (χ3n) is 3.78. The molecule has 3 heteroatoms. The van der Waals surface area contributed by atoms with E-state index in [1.165, 1.54) is 5.56 Å². The fourth-order valence-corrected chi connectivity index (χ4v) is 2.89. The van der Waals surface area contributed by atoms with Crippen LogP contribution in [0.1, 0.15) is 30.0 Å². The van der Waals surface area contributed by atoms with Gasteiger partial charge in [0.25, 0.3) is 0 Å². The molecule has 1 saturated carbocycles. The first-order valence-corrected chi connectivity index (χ1v) is 7.08. The highest BCUT2D eigenvalue weighted by Gasteiger charge is 2.30. The lowest BCUT2D eigenvalue weighted by Crippen LogP contribution is -2.39. The maximum atomic E-state index is 6.22. The van der Waals surface area contributed by atoms with E-state index in [-0.39, 0.29) is 0 Å². The van der Waals surface area contributed by atoms with E-state index in [1.807, 2.05) is 30.5 Å². The third-order valence-corrected chi connectivity index (χ3v) is 4.13. The van der Waals surface area contributed by atoms with Crippen molar-refractivity contribution in [2.75, 3.05) is 0 Å². The average Bonchev–Trinajstić information content (AvgIpc) is 2.40. The van der Waals surface area contributed by atoms with Crippen LogP contribution in [-0.2, 0) is 6.54 Å². The maximum absolute atomic E-state index is 6.22. The number of aromatic nitrogens is 1. The lowest BCUT2D eigenvalue weighted by molar-refractivity contribution is 0.288. The fraction of sp³-hybridized carbons (Fsp3) is 0.312. The van der Waals surface area contributed by atoms with Gasteiger partial charge in [-0.2, -0.15) is 0 Å². The lowest BCUT2D eigenvalue weighted by Gasteiger charge is -2.36. The Hall–Kier alpha value is -1.38. The van der Waals surface area contributed by atoms with Crippen LogP contribution in [0.25, 0.3) is 0 Å². The molecular formula is C16H17ClN2. The van der Waals surface area contributed by atoms with E-state index in [9.17, 15) is 0 Å². The molecule has 3 rings (SSSR count). The molecule has 0 spiro atoms. The molecule has 2 aromatic rings. The Morgan fingerprint density at radius 2 is 1.89 bits per heavy atom. The van der Waals surface area contributed by atoms with Crippen molar-refractivity contribution in [3.8, 4) is 0 Å². The highest BCUT2D eigenvalue weighted by molar-refractivity contribution is 6.31. The van der Waals surface area contributed by atoms with Crippen LogP contribution in [0.15, 0.2) is 48.7 Å². The number of rotatable bonds is 4. The van der Waals surface area contributed by atoms with Crippen molar-refractivity contribution < 1.29 is 0 Å². The molecule has 1 aromatic carbocycles. The Morgan fingerprint density at radius 1 is 1.11 bits per heavy atom. The summed E-state index contributed by atoms with van der Waals surface area (Å²) in [6.45, 7) is 0.848. The van der Waals surface area contributed by atoms with Gasteiger partial charge in [-0.3, -0.25) is 4.98 Å². The number of hydrogen-bond donors (Lipinski definition) is 1. The van der Waals surface area contributed by atoms with Crippen molar-refractivity contribution in [2.45, 2.75) is 31.3 Å². The molecule has 1 N–H and O–H groups in total. The first-order valence-electron chi connectivity index (χ1n) is 6.70. The molecule has 1 aliphatic rings. The SMILES string of the molecule is Clc1ccccc1C1CC(NCc2ccccn2)C1. The van der Waals surface area contributed by atoms with Gasteiger partial charge in [-0.1, -0.05) is 35.9 Å². The topological polar surface area (TPSA) is 24.9 Å². The largest absolute Gasteiger partial charge is 0.308 e. The van der Waals surface area contributed by atoms with Gasteiger partial charge in [-0.15, -0.1) is 0 Å². The van der Waals surface area contributed by atoms with E-state index in [4.69, 9.17) is 11.6 Å². The number of hydrogen-bond acceptors (Lipinski definition) is 2. The smallest absolute Gasteiger partial charge is 0.0541 e. The summed E-state index contributed by atoms with van der Waals surface area (Å²) in [6, 6.07) is 14.8. The standard InChI is InChI=1S/C16H17ClN2/c17-16-7-2-1-6-15(16)12-9-14(10-12)19-11-13-5-3-4-8-18-13/h1-8,12,14,19H,9-11H2. The monoisotopic (exact) mass is 272 g/mol. The normalized spacial score (nSPS) is 21.9. The minimum atomic E-state index is 0.586. The number of pyridine rings is 1. The van der Waals surface area contributed by atoms with Crippen molar-refractivity contribution in [1.82, 2.24) is 10.3 Å². The predicted molar refractivity (Wildman–Crippen MR) is 78.3 cm³/mol. The summed E-state index contributed by atoms with van der Waals surface area (Å²) in [6.07, 6.45) is 4.16. The maximum Gasteiger partial charge on any atom is 0.0541 e. The van der Waals surface area contributed by atoms with Crippen LogP contribution in [0.4, 0.5) is 0 Å². The molecule has 2 nitrogen and oxygen atoms in total. The minimum Gasteiger partial charge on any atom is -0.308 e. The summed E-state index contributed by atoms with van der Waals surface area (Å²) in [5.74, 6) is 0.606. The minimum absolute atomic E-state index is 0.586. The zero-order valence-electron chi connectivity index (χ0n) is 10.7. The van der Waals surface area contributed by atoms with Gasteiger partial charge in [0.1, 0.15) is 0 Å². The van der Waals surface area contributed by atoms with Crippen LogP contribution >= 0.6 is 11.6 Å².